The van der Waals surface area contributed by atoms with Crippen LogP contribution in [0.1, 0.15) is 54.4 Å². The van der Waals surface area contributed by atoms with Crippen LogP contribution in [0, 0.1) is 29.1 Å². The van der Waals surface area contributed by atoms with Crippen LogP contribution < -0.4 is 0 Å². The van der Waals surface area contributed by atoms with Gasteiger partial charge in [-0.1, -0.05) is 41.5 Å². The summed E-state index contributed by atoms with van der Waals surface area (Å²) < 4.78 is 0. The molecule has 1 saturated carbocycles. The second-order valence-corrected chi connectivity index (χ2v) is 6.30. The third kappa shape index (κ3) is 2.27. The van der Waals surface area contributed by atoms with Crippen molar-refractivity contribution in [3.63, 3.8) is 0 Å². The number of hydrogen-bond donors (Lipinski definition) is 0. The predicted molar refractivity (Wildman–Crippen MR) is 59.7 cm³/mol. The monoisotopic (exact) mass is 182 g/mol. The maximum Gasteiger partial charge on any atom is -0.0311 e. The van der Waals surface area contributed by atoms with Crippen molar-refractivity contribution >= 4 is 0 Å². The summed E-state index contributed by atoms with van der Waals surface area (Å²) >= 11 is 0. The minimum absolute atomic E-state index is 0.619. The first-order valence-electron chi connectivity index (χ1n) is 5.84. The van der Waals surface area contributed by atoms with Crippen molar-refractivity contribution < 1.29 is 0 Å². The molecule has 0 aromatic carbocycles. The van der Waals surface area contributed by atoms with Crippen LogP contribution in [0.15, 0.2) is 0 Å². The predicted octanol–water partition coefficient (Wildman–Crippen LogP) is 4.35. The Morgan fingerprint density at radius 3 is 2.08 bits per heavy atom. The normalized spacial score (nSPS) is 34.4. The smallest absolute Gasteiger partial charge is 0.0311 e. The molecule has 0 heteroatoms. The van der Waals surface area contributed by atoms with E-state index < -0.39 is 0 Å². The van der Waals surface area contributed by atoms with Gasteiger partial charge in [-0.05, 0) is 41.9 Å². The largest absolute Gasteiger partial charge is 0.0628 e. The van der Waals surface area contributed by atoms with Gasteiger partial charge in [-0.15, -0.1) is 0 Å². The van der Waals surface area contributed by atoms with Crippen LogP contribution in [0.4, 0.5) is 0 Å². The molecule has 0 heterocycles. The molecule has 1 aliphatic rings. The molecular formula is C13H26. The summed E-state index contributed by atoms with van der Waals surface area (Å²) in [6, 6.07) is 0. The third-order valence-corrected chi connectivity index (χ3v) is 3.82. The van der Waals surface area contributed by atoms with Crippen LogP contribution in [-0.4, -0.2) is 0 Å². The van der Waals surface area contributed by atoms with Crippen LogP contribution in [0.3, 0.4) is 0 Å². The Bertz CT molecular complexity index is 167. The van der Waals surface area contributed by atoms with E-state index in [-0.39, 0.29) is 0 Å². The van der Waals surface area contributed by atoms with Gasteiger partial charge in [0.1, 0.15) is 0 Å². The number of hydrogen-bond acceptors (Lipinski definition) is 0. The summed E-state index contributed by atoms with van der Waals surface area (Å²) in [7, 11) is 0. The van der Waals surface area contributed by atoms with Gasteiger partial charge < -0.3 is 0 Å². The Kier molecular flexibility index (Phi) is 3.09. The quantitative estimate of drug-likeness (QED) is 0.608. The SMILES string of the molecule is CC(C)CC(C)C1C(C)CC1(C)C. The van der Waals surface area contributed by atoms with Gasteiger partial charge in [-0.3, -0.25) is 0 Å². The fourth-order valence-electron chi connectivity index (χ4n) is 3.92. The first-order chi connectivity index (χ1) is 5.84. The zero-order chi connectivity index (χ0) is 10.2. The molecule has 3 unspecified atom stereocenters. The highest BCUT2D eigenvalue weighted by Crippen LogP contribution is 2.54. The molecule has 0 aromatic rings. The summed E-state index contributed by atoms with van der Waals surface area (Å²) in [5, 5.41) is 0. The van der Waals surface area contributed by atoms with Gasteiger partial charge >= 0.3 is 0 Å². The Morgan fingerprint density at radius 2 is 1.77 bits per heavy atom. The summed E-state index contributed by atoms with van der Waals surface area (Å²) in [4.78, 5) is 0. The standard InChI is InChI=1S/C13H26/c1-9(2)7-10(3)12-11(4)8-13(12,5)6/h9-12H,7-8H2,1-6H3. The molecule has 0 amide bonds. The second kappa shape index (κ2) is 3.63. The van der Waals surface area contributed by atoms with Gasteiger partial charge in [-0.25, -0.2) is 0 Å². The Morgan fingerprint density at radius 1 is 1.23 bits per heavy atom. The fourth-order valence-corrected chi connectivity index (χ4v) is 3.92. The molecule has 1 rings (SSSR count). The summed E-state index contributed by atoms with van der Waals surface area (Å²) in [5.74, 6) is 3.70. The van der Waals surface area contributed by atoms with Gasteiger partial charge in [-0.2, -0.15) is 0 Å². The first kappa shape index (κ1) is 11.1. The van der Waals surface area contributed by atoms with Crippen molar-refractivity contribution in [2.45, 2.75) is 54.4 Å². The van der Waals surface area contributed by atoms with Crippen molar-refractivity contribution in [1.82, 2.24) is 0 Å². The molecule has 13 heavy (non-hydrogen) atoms. The van der Waals surface area contributed by atoms with Crippen LogP contribution in [0.25, 0.3) is 0 Å². The lowest BCUT2D eigenvalue weighted by atomic mass is 9.52. The minimum atomic E-state index is 0.619. The van der Waals surface area contributed by atoms with E-state index in [4.69, 9.17) is 0 Å². The molecule has 3 atom stereocenters. The highest BCUT2D eigenvalue weighted by atomic mass is 14.5. The highest BCUT2D eigenvalue weighted by Gasteiger charge is 2.46. The summed E-state index contributed by atoms with van der Waals surface area (Å²) in [6.07, 6.45) is 2.83. The van der Waals surface area contributed by atoms with Gasteiger partial charge in [0, 0.05) is 0 Å². The molecular weight excluding hydrogens is 156 g/mol. The topological polar surface area (TPSA) is 0 Å². The third-order valence-electron chi connectivity index (χ3n) is 3.82. The highest BCUT2D eigenvalue weighted by molar-refractivity contribution is 4.96. The van der Waals surface area contributed by atoms with Crippen molar-refractivity contribution in [3.05, 3.63) is 0 Å². The van der Waals surface area contributed by atoms with E-state index in [0.717, 1.165) is 23.7 Å². The van der Waals surface area contributed by atoms with E-state index >= 15 is 0 Å². The van der Waals surface area contributed by atoms with Crippen molar-refractivity contribution in [1.29, 1.82) is 0 Å². The van der Waals surface area contributed by atoms with E-state index in [1.807, 2.05) is 0 Å². The minimum Gasteiger partial charge on any atom is -0.0628 e. The average Bonchev–Trinajstić information content (AvgIpc) is 1.80. The van der Waals surface area contributed by atoms with Gasteiger partial charge in [0.05, 0.1) is 0 Å². The van der Waals surface area contributed by atoms with Crippen molar-refractivity contribution in [2.24, 2.45) is 29.1 Å². The Balaban J connectivity index is 2.50. The summed E-state index contributed by atoms with van der Waals surface area (Å²) in [6.45, 7) is 14.4. The molecule has 1 fully saturated rings. The maximum absolute atomic E-state index is 2.45. The Hall–Kier alpha value is 0. The molecule has 78 valence electrons. The van der Waals surface area contributed by atoms with E-state index in [1.54, 1.807) is 0 Å². The van der Waals surface area contributed by atoms with Gasteiger partial charge in [0.25, 0.3) is 0 Å². The number of rotatable bonds is 3. The molecule has 0 bridgehead atoms. The summed E-state index contributed by atoms with van der Waals surface area (Å²) in [5.41, 5.74) is 0.619. The molecule has 0 saturated heterocycles. The van der Waals surface area contributed by atoms with Crippen LogP contribution >= 0.6 is 0 Å². The van der Waals surface area contributed by atoms with Gasteiger partial charge in [0.2, 0.25) is 0 Å². The molecule has 0 aromatic heterocycles. The molecule has 0 nitrogen and oxygen atoms in total. The second-order valence-electron chi connectivity index (χ2n) is 6.30. The molecule has 1 aliphatic carbocycles. The lowest BCUT2D eigenvalue weighted by Crippen LogP contribution is -2.46. The Labute approximate surface area is 84.1 Å². The van der Waals surface area contributed by atoms with E-state index in [9.17, 15) is 0 Å². The average molecular weight is 182 g/mol. The lowest BCUT2D eigenvalue weighted by molar-refractivity contribution is -0.0438. The van der Waals surface area contributed by atoms with Crippen molar-refractivity contribution in [3.8, 4) is 0 Å². The maximum atomic E-state index is 2.45. The first-order valence-corrected chi connectivity index (χ1v) is 5.84. The van der Waals surface area contributed by atoms with Crippen LogP contribution in [-0.2, 0) is 0 Å². The van der Waals surface area contributed by atoms with E-state index in [1.165, 1.54) is 12.8 Å². The fraction of sp³-hybridized carbons (Fsp3) is 1.00. The zero-order valence-corrected chi connectivity index (χ0v) is 10.2. The van der Waals surface area contributed by atoms with E-state index in [2.05, 4.69) is 41.5 Å². The van der Waals surface area contributed by atoms with Gasteiger partial charge in [0.15, 0.2) is 0 Å². The molecule has 0 radical (unpaired) electrons. The zero-order valence-electron chi connectivity index (χ0n) is 10.2. The van der Waals surface area contributed by atoms with Crippen molar-refractivity contribution in [2.75, 3.05) is 0 Å². The lowest BCUT2D eigenvalue weighted by Gasteiger charge is -2.53. The molecule has 0 spiro atoms. The molecule has 0 N–H and O–H groups in total. The van der Waals surface area contributed by atoms with Crippen LogP contribution in [0.5, 0.6) is 0 Å². The molecule has 0 aliphatic heterocycles. The van der Waals surface area contributed by atoms with Crippen LogP contribution in [0.2, 0.25) is 0 Å². The van der Waals surface area contributed by atoms with E-state index in [0.29, 0.717) is 5.41 Å².